The van der Waals surface area contributed by atoms with Crippen molar-refractivity contribution in [3.05, 3.63) is 60.0 Å². The molecule has 4 N–H and O–H groups in total. The van der Waals surface area contributed by atoms with Crippen LogP contribution in [0.4, 0.5) is 5.82 Å². The molecule has 1 aromatic carbocycles. The van der Waals surface area contributed by atoms with Crippen LogP contribution >= 0.6 is 0 Å². The van der Waals surface area contributed by atoms with Crippen LogP contribution in [0.25, 0.3) is 5.52 Å². The molecule has 3 aromatic rings. The van der Waals surface area contributed by atoms with Crippen molar-refractivity contribution in [2.45, 2.75) is 64.1 Å². The number of nitrogens with two attached hydrogens (primary N) is 1. The van der Waals surface area contributed by atoms with E-state index in [0.717, 1.165) is 5.56 Å². The van der Waals surface area contributed by atoms with Crippen molar-refractivity contribution in [1.29, 1.82) is 0 Å². The van der Waals surface area contributed by atoms with Gasteiger partial charge in [0.25, 0.3) is 0 Å². The highest BCUT2D eigenvalue weighted by Crippen LogP contribution is 2.42. The monoisotopic (exact) mass is 539 g/mol. The van der Waals surface area contributed by atoms with Crippen LogP contribution in [-0.4, -0.2) is 68.5 Å². The molecule has 0 aliphatic carbocycles. The number of amides is 1. The van der Waals surface area contributed by atoms with Crippen LogP contribution in [0.3, 0.4) is 0 Å². The number of hydrogen-bond acceptors (Lipinski definition) is 10. The molecule has 2 aromatic heterocycles. The van der Waals surface area contributed by atoms with Crippen LogP contribution in [-0.2, 0) is 40.6 Å². The molecular weight excluding hydrogens is 506 g/mol. The number of hydrogen-bond donors (Lipinski definition) is 3. The Hall–Kier alpha value is -3.87. The molecule has 1 saturated heterocycles. The van der Waals surface area contributed by atoms with Crippen molar-refractivity contribution >= 4 is 29.2 Å². The molecule has 39 heavy (non-hydrogen) atoms. The van der Waals surface area contributed by atoms with Crippen LogP contribution in [0.1, 0.15) is 39.0 Å². The van der Waals surface area contributed by atoms with Gasteiger partial charge >= 0.3 is 11.9 Å². The number of ether oxygens (including phenoxy) is 3. The van der Waals surface area contributed by atoms with Gasteiger partial charge in [0.05, 0.1) is 12.1 Å². The third-order valence-corrected chi connectivity index (χ3v) is 6.74. The summed E-state index contributed by atoms with van der Waals surface area (Å²) in [7, 11) is 0. The molecule has 12 nitrogen and oxygen atoms in total. The molecule has 0 radical (unpaired) electrons. The number of benzene rings is 1. The number of aliphatic hydroxyl groups is 1. The van der Waals surface area contributed by atoms with Gasteiger partial charge in [-0.2, -0.15) is 5.10 Å². The fraction of sp³-hybridized carbons (Fsp3) is 0.444. The Morgan fingerprint density at radius 3 is 2.59 bits per heavy atom. The standard InChI is InChI=1S/C27H33N5O7/c1-15(2)22(28)26(36)38-23-19(13-37-21(34)12-17-8-6-5-7-9-17)39-27(4,24(23)35)20-11-10-18-25(31-16(3)33)29-14-30-32(18)20/h5-11,14-15,19,22-24,35H,12-13,28H2,1-4H3,(H,29,30,31,33)/t19-,22+,23-,24-,27+/m1/s1. The number of nitrogens with zero attached hydrogens (tertiary/aromatic N) is 3. The smallest absolute Gasteiger partial charge is 0.323 e. The lowest BCUT2D eigenvalue weighted by molar-refractivity contribution is -0.162. The molecule has 0 unspecified atom stereocenters. The molecule has 1 amide bonds. The summed E-state index contributed by atoms with van der Waals surface area (Å²) in [5, 5.41) is 18.4. The molecule has 0 spiro atoms. The largest absolute Gasteiger partial charge is 0.463 e. The zero-order valence-corrected chi connectivity index (χ0v) is 22.2. The van der Waals surface area contributed by atoms with Crippen LogP contribution in [0.15, 0.2) is 48.8 Å². The van der Waals surface area contributed by atoms with Crippen molar-refractivity contribution in [3.8, 4) is 0 Å². The third kappa shape index (κ3) is 5.92. The first kappa shape index (κ1) is 28.1. The molecule has 12 heteroatoms. The lowest BCUT2D eigenvalue weighted by atomic mass is 9.93. The predicted octanol–water partition coefficient (Wildman–Crippen LogP) is 1.34. The SMILES string of the molecule is CC(=O)Nc1ncnn2c([C@]3(C)O[C@H](COC(=O)Cc4ccccc4)[C@@H](OC(=O)[C@@H](N)C(C)C)[C@H]3O)ccc12. The van der Waals surface area contributed by atoms with E-state index in [1.54, 1.807) is 45.0 Å². The number of aromatic nitrogens is 3. The first-order valence-electron chi connectivity index (χ1n) is 12.6. The quantitative estimate of drug-likeness (QED) is 0.338. The summed E-state index contributed by atoms with van der Waals surface area (Å²) in [5.74, 6) is -1.45. The summed E-state index contributed by atoms with van der Waals surface area (Å²) in [4.78, 5) is 41.1. The highest BCUT2D eigenvalue weighted by atomic mass is 16.6. The molecule has 5 atom stereocenters. The number of carbonyl (C=O) groups is 3. The fourth-order valence-electron chi connectivity index (χ4n) is 4.50. The minimum atomic E-state index is -1.45. The Bertz CT molecular complexity index is 1340. The Labute approximate surface area is 225 Å². The van der Waals surface area contributed by atoms with Crippen LogP contribution in [0, 0.1) is 5.92 Å². The summed E-state index contributed by atoms with van der Waals surface area (Å²) >= 11 is 0. The minimum absolute atomic E-state index is 0.0439. The van der Waals surface area contributed by atoms with E-state index in [9.17, 15) is 19.5 Å². The minimum Gasteiger partial charge on any atom is -0.463 e. The van der Waals surface area contributed by atoms with Gasteiger partial charge < -0.3 is 30.4 Å². The van der Waals surface area contributed by atoms with Gasteiger partial charge in [-0.05, 0) is 30.5 Å². The second kappa shape index (κ2) is 11.5. The predicted molar refractivity (Wildman–Crippen MR) is 139 cm³/mol. The van der Waals surface area contributed by atoms with Gasteiger partial charge in [0.2, 0.25) is 5.91 Å². The fourth-order valence-corrected chi connectivity index (χ4v) is 4.50. The van der Waals surface area contributed by atoms with Crippen LogP contribution < -0.4 is 11.1 Å². The zero-order valence-electron chi connectivity index (χ0n) is 22.2. The summed E-state index contributed by atoms with van der Waals surface area (Å²) < 4.78 is 18.9. The number of nitrogens with one attached hydrogen (secondary N) is 1. The van der Waals surface area contributed by atoms with Crippen LogP contribution in [0.5, 0.6) is 0 Å². The van der Waals surface area contributed by atoms with Gasteiger partial charge in [-0.1, -0.05) is 44.2 Å². The number of aliphatic hydroxyl groups excluding tert-OH is 1. The maximum Gasteiger partial charge on any atom is 0.323 e. The van der Waals surface area contributed by atoms with Crippen LogP contribution in [0.2, 0.25) is 0 Å². The lowest BCUT2D eigenvalue weighted by Crippen LogP contribution is -2.46. The Balaban J connectivity index is 1.61. The van der Waals surface area contributed by atoms with Crippen molar-refractivity contribution in [2.75, 3.05) is 11.9 Å². The van der Waals surface area contributed by atoms with E-state index in [4.69, 9.17) is 19.9 Å². The second-order valence-corrected chi connectivity index (χ2v) is 10.0. The normalized spacial score (nSPS) is 23.5. The Morgan fingerprint density at radius 1 is 1.21 bits per heavy atom. The molecule has 208 valence electrons. The molecule has 0 saturated carbocycles. The molecule has 1 aliphatic rings. The summed E-state index contributed by atoms with van der Waals surface area (Å²) in [5.41, 5.74) is 6.20. The lowest BCUT2D eigenvalue weighted by Gasteiger charge is -2.28. The Morgan fingerprint density at radius 2 is 1.92 bits per heavy atom. The molecule has 4 rings (SSSR count). The maximum atomic E-state index is 12.8. The van der Waals surface area contributed by atoms with Gasteiger partial charge in [0.15, 0.2) is 11.9 Å². The molecular formula is C27H33N5O7. The number of carbonyl (C=O) groups excluding carboxylic acids is 3. The highest BCUT2D eigenvalue weighted by Gasteiger charge is 2.56. The zero-order chi connectivity index (χ0) is 28.3. The third-order valence-electron chi connectivity index (χ3n) is 6.74. The molecule has 3 heterocycles. The van der Waals surface area contributed by atoms with E-state index in [0.29, 0.717) is 11.2 Å². The molecule has 1 aliphatic heterocycles. The van der Waals surface area contributed by atoms with Crippen molar-refractivity contribution in [3.63, 3.8) is 0 Å². The van der Waals surface area contributed by atoms with E-state index >= 15 is 0 Å². The van der Waals surface area contributed by atoms with Crippen molar-refractivity contribution < 1.29 is 33.7 Å². The average Bonchev–Trinajstić information content (AvgIpc) is 3.44. The van der Waals surface area contributed by atoms with E-state index in [1.165, 1.54) is 17.8 Å². The summed E-state index contributed by atoms with van der Waals surface area (Å²) in [6, 6.07) is 11.5. The number of rotatable bonds is 9. The van der Waals surface area contributed by atoms with Gasteiger partial charge in [-0.3, -0.25) is 14.4 Å². The molecule has 1 fully saturated rings. The van der Waals surface area contributed by atoms with Gasteiger partial charge in [0, 0.05) is 6.92 Å². The summed E-state index contributed by atoms with van der Waals surface area (Å²) in [6.07, 6.45) is -2.28. The number of fused-ring (bicyclic) bond motifs is 1. The summed E-state index contributed by atoms with van der Waals surface area (Å²) in [6.45, 7) is 6.26. The van der Waals surface area contributed by atoms with Gasteiger partial charge in [0.1, 0.15) is 42.3 Å². The highest BCUT2D eigenvalue weighted by molar-refractivity contribution is 5.91. The second-order valence-electron chi connectivity index (χ2n) is 10.0. The van der Waals surface area contributed by atoms with Crippen molar-refractivity contribution in [1.82, 2.24) is 14.6 Å². The van der Waals surface area contributed by atoms with E-state index < -0.39 is 41.9 Å². The van der Waals surface area contributed by atoms with Gasteiger partial charge in [-0.25, -0.2) is 9.50 Å². The van der Waals surface area contributed by atoms with E-state index in [-0.39, 0.29) is 30.7 Å². The van der Waals surface area contributed by atoms with Crippen molar-refractivity contribution in [2.24, 2.45) is 11.7 Å². The maximum absolute atomic E-state index is 12.8. The first-order chi connectivity index (χ1) is 18.5. The van der Waals surface area contributed by atoms with E-state index in [1.807, 2.05) is 18.2 Å². The first-order valence-corrected chi connectivity index (χ1v) is 12.6. The number of anilines is 1. The molecule has 0 bridgehead atoms. The number of esters is 2. The van der Waals surface area contributed by atoms with E-state index in [2.05, 4.69) is 15.4 Å². The topological polar surface area (TPSA) is 167 Å². The van der Waals surface area contributed by atoms with Gasteiger partial charge in [-0.15, -0.1) is 0 Å². The average molecular weight is 540 g/mol. The Kier molecular flexibility index (Phi) is 8.28.